The predicted molar refractivity (Wildman–Crippen MR) is 174 cm³/mol. The van der Waals surface area contributed by atoms with Crippen LogP contribution in [0, 0.1) is 29.2 Å². The van der Waals surface area contributed by atoms with Crippen molar-refractivity contribution in [3.8, 4) is 17.9 Å². The largest absolute Gasteiger partial charge is 0.493 e. The number of benzene rings is 1. The molecule has 42 heavy (non-hydrogen) atoms. The van der Waals surface area contributed by atoms with E-state index in [1.165, 1.54) is 31.4 Å². The zero-order chi connectivity index (χ0) is 30.7. The Labute approximate surface area is 255 Å². The van der Waals surface area contributed by atoms with Crippen molar-refractivity contribution in [2.75, 3.05) is 18.0 Å². The molecule has 0 radical (unpaired) electrons. The average molecular weight is 581 g/mol. The van der Waals surface area contributed by atoms with Crippen LogP contribution in [0.1, 0.15) is 82.5 Å². The summed E-state index contributed by atoms with van der Waals surface area (Å²) in [5.74, 6) is 0.937. The molecule has 0 aliphatic carbocycles. The number of unbranched alkanes of at least 4 members (excludes halogenated alkanes) is 2. The van der Waals surface area contributed by atoms with Gasteiger partial charge in [-0.25, -0.2) is 4.85 Å². The van der Waals surface area contributed by atoms with E-state index in [2.05, 4.69) is 73.9 Å². The van der Waals surface area contributed by atoms with E-state index in [9.17, 15) is 10.5 Å². The van der Waals surface area contributed by atoms with E-state index in [4.69, 9.17) is 16.0 Å². The van der Waals surface area contributed by atoms with Crippen LogP contribution in [-0.4, -0.2) is 24.8 Å². The van der Waals surface area contributed by atoms with Crippen LogP contribution in [0.25, 0.3) is 23.1 Å². The summed E-state index contributed by atoms with van der Waals surface area (Å²) in [5.41, 5.74) is 2.07. The SMILES string of the molecule is [C-]#[N+]C1=C(/C=C/c2ccc(/C=C/c3ccc(N(CCCC)CCCC)cc3OC(C)C)s2)C(C)(C)OC1=C(C#N)C#N. The number of hydrogen-bond donors (Lipinski definition) is 0. The average Bonchev–Trinajstić information content (AvgIpc) is 3.52. The first-order valence-electron chi connectivity index (χ1n) is 14.5. The first kappa shape index (κ1) is 32.3. The van der Waals surface area contributed by atoms with Gasteiger partial charge >= 0.3 is 0 Å². The van der Waals surface area contributed by atoms with E-state index in [1.807, 2.05) is 44.2 Å². The molecule has 0 spiro atoms. The van der Waals surface area contributed by atoms with Crippen LogP contribution in [0.2, 0.25) is 0 Å². The van der Waals surface area contributed by atoms with Crippen molar-refractivity contribution in [1.82, 2.24) is 0 Å². The number of nitrogens with zero attached hydrogens (tertiary/aromatic N) is 4. The number of thiophene rings is 1. The molecule has 2 heterocycles. The number of hydrogen-bond acceptors (Lipinski definition) is 6. The third kappa shape index (κ3) is 8.16. The van der Waals surface area contributed by atoms with Crippen LogP contribution in [0.5, 0.6) is 5.75 Å². The lowest BCUT2D eigenvalue weighted by atomic mass is 9.97. The Bertz CT molecular complexity index is 1480. The second-order valence-corrected chi connectivity index (χ2v) is 12.1. The molecule has 0 fully saturated rings. The van der Waals surface area contributed by atoms with Crippen molar-refractivity contribution in [2.45, 2.75) is 78.9 Å². The maximum absolute atomic E-state index is 9.29. The molecule has 3 rings (SSSR count). The summed E-state index contributed by atoms with van der Waals surface area (Å²) in [5, 5.41) is 18.6. The molecule has 0 N–H and O–H groups in total. The molecule has 6 nitrogen and oxygen atoms in total. The molecule has 7 heteroatoms. The molecule has 0 amide bonds. The monoisotopic (exact) mass is 580 g/mol. The van der Waals surface area contributed by atoms with E-state index >= 15 is 0 Å². The molecule has 1 aliphatic heterocycles. The molecule has 0 saturated carbocycles. The highest BCUT2D eigenvalue weighted by atomic mass is 32.1. The van der Waals surface area contributed by atoms with Gasteiger partial charge in [0.1, 0.15) is 23.5 Å². The molecule has 1 aromatic carbocycles. The second kappa shape index (κ2) is 15.1. The predicted octanol–water partition coefficient (Wildman–Crippen LogP) is 9.41. The van der Waals surface area contributed by atoms with Crippen LogP contribution in [0.4, 0.5) is 5.69 Å². The van der Waals surface area contributed by atoms with E-state index in [-0.39, 0.29) is 23.1 Å². The molecule has 1 aromatic heterocycles. The minimum absolute atomic E-state index is 0.0544. The molecule has 0 saturated heterocycles. The minimum atomic E-state index is -0.827. The Morgan fingerprint density at radius 3 is 2.19 bits per heavy atom. The maximum atomic E-state index is 9.29. The van der Waals surface area contributed by atoms with Gasteiger partial charge in [-0.1, -0.05) is 32.8 Å². The van der Waals surface area contributed by atoms with Gasteiger partial charge in [0.2, 0.25) is 5.70 Å². The van der Waals surface area contributed by atoms with Crippen molar-refractivity contribution in [1.29, 1.82) is 10.5 Å². The smallest absolute Gasteiger partial charge is 0.237 e. The highest BCUT2D eigenvalue weighted by molar-refractivity contribution is 7.13. The summed E-state index contributed by atoms with van der Waals surface area (Å²) in [6.07, 6.45) is 12.7. The normalized spacial score (nSPS) is 14.2. The first-order valence-corrected chi connectivity index (χ1v) is 15.4. The fourth-order valence-electron chi connectivity index (χ4n) is 4.62. The first-order chi connectivity index (χ1) is 20.2. The second-order valence-electron chi connectivity index (χ2n) is 10.9. The van der Waals surface area contributed by atoms with Gasteiger partial charge in [0.25, 0.3) is 0 Å². The maximum Gasteiger partial charge on any atom is 0.237 e. The van der Waals surface area contributed by atoms with Gasteiger partial charge in [-0.3, -0.25) is 0 Å². The third-order valence-electron chi connectivity index (χ3n) is 6.82. The lowest BCUT2D eigenvalue weighted by Gasteiger charge is -2.26. The van der Waals surface area contributed by atoms with Gasteiger partial charge in [0.15, 0.2) is 11.3 Å². The number of anilines is 1. The summed E-state index contributed by atoms with van der Waals surface area (Å²) in [4.78, 5) is 8.15. The molecular formula is C35H40N4O2S. The quantitative estimate of drug-likeness (QED) is 0.174. The zero-order valence-electron chi connectivity index (χ0n) is 25.5. The van der Waals surface area contributed by atoms with Gasteiger partial charge in [0.05, 0.1) is 12.7 Å². The molecule has 0 atom stereocenters. The Hall–Kier alpha value is -4.25. The van der Waals surface area contributed by atoms with Crippen molar-refractivity contribution < 1.29 is 9.47 Å². The molecular weight excluding hydrogens is 540 g/mol. The van der Waals surface area contributed by atoms with Gasteiger partial charge in [0, 0.05) is 45.7 Å². The molecule has 0 bridgehead atoms. The van der Waals surface area contributed by atoms with Gasteiger partial charge in [-0.15, -0.1) is 11.3 Å². The summed E-state index contributed by atoms with van der Waals surface area (Å²) in [6.45, 7) is 22.0. The van der Waals surface area contributed by atoms with Crippen LogP contribution >= 0.6 is 11.3 Å². The molecule has 0 unspecified atom stereocenters. The Morgan fingerprint density at radius 2 is 1.64 bits per heavy atom. The van der Waals surface area contributed by atoms with Crippen LogP contribution in [0.3, 0.4) is 0 Å². The number of ether oxygens (including phenoxy) is 2. The standard InChI is InChI=1S/C35H40N4O2S/c1-8-10-20-39(21-11-9-2)28-14-12-26(32(22-28)40-25(3)4)13-15-29-16-17-30(42-29)18-19-31-33(38-7)34(27(23-36)24-37)41-35(31,5)6/h12-19,22,25H,8-11,20-21H2,1-6H3/b15-13+,19-18+. The Morgan fingerprint density at radius 1 is 1.02 bits per heavy atom. The topological polar surface area (TPSA) is 73.6 Å². The number of nitriles is 2. The van der Waals surface area contributed by atoms with Crippen molar-refractivity contribution in [3.63, 3.8) is 0 Å². The Balaban J connectivity index is 1.86. The molecule has 1 aliphatic rings. The summed E-state index contributed by atoms with van der Waals surface area (Å²) in [6, 6.07) is 14.3. The van der Waals surface area contributed by atoms with Crippen molar-refractivity contribution >= 4 is 35.3 Å². The third-order valence-corrected chi connectivity index (χ3v) is 7.83. The van der Waals surface area contributed by atoms with Gasteiger partial charge in [-0.05, 0) is 83.0 Å². The fraction of sp³-hybridized carbons (Fsp3) is 0.400. The highest BCUT2D eigenvalue weighted by Gasteiger charge is 2.38. The fourth-order valence-corrected chi connectivity index (χ4v) is 5.44. The van der Waals surface area contributed by atoms with Crippen LogP contribution in [-0.2, 0) is 4.74 Å². The zero-order valence-corrected chi connectivity index (χ0v) is 26.3. The lowest BCUT2D eigenvalue weighted by molar-refractivity contribution is 0.0954. The summed E-state index contributed by atoms with van der Waals surface area (Å²) < 4.78 is 12.1. The van der Waals surface area contributed by atoms with Crippen LogP contribution in [0.15, 0.2) is 59.0 Å². The van der Waals surface area contributed by atoms with E-state index in [1.54, 1.807) is 11.3 Å². The highest BCUT2D eigenvalue weighted by Crippen LogP contribution is 2.41. The molecule has 2 aromatic rings. The van der Waals surface area contributed by atoms with Gasteiger partial charge in [-0.2, -0.15) is 10.5 Å². The Kier molecular flexibility index (Phi) is 11.6. The van der Waals surface area contributed by atoms with Crippen molar-refractivity contribution in [2.24, 2.45) is 0 Å². The summed E-state index contributed by atoms with van der Waals surface area (Å²) in [7, 11) is 0. The molecule has 218 valence electrons. The van der Waals surface area contributed by atoms with E-state index in [0.717, 1.165) is 34.2 Å². The van der Waals surface area contributed by atoms with E-state index in [0.29, 0.717) is 5.57 Å². The summed E-state index contributed by atoms with van der Waals surface area (Å²) >= 11 is 1.63. The van der Waals surface area contributed by atoms with Gasteiger partial charge < -0.3 is 14.4 Å². The number of rotatable bonds is 13. The van der Waals surface area contributed by atoms with E-state index < -0.39 is 5.60 Å². The van der Waals surface area contributed by atoms with Crippen LogP contribution < -0.4 is 9.64 Å². The number of allylic oxidation sites excluding steroid dienone is 1. The van der Waals surface area contributed by atoms with Crippen molar-refractivity contribution in [3.05, 3.63) is 85.7 Å². The minimum Gasteiger partial charge on any atom is -0.493 e. The lowest BCUT2D eigenvalue weighted by Crippen LogP contribution is -2.25.